The van der Waals surface area contributed by atoms with E-state index in [-0.39, 0.29) is 25.0 Å². The molecule has 1 aromatic heterocycles. The van der Waals surface area contributed by atoms with E-state index in [9.17, 15) is 14.7 Å². The summed E-state index contributed by atoms with van der Waals surface area (Å²) in [6.45, 7) is 2.02. The average Bonchev–Trinajstić information content (AvgIpc) is 3.27. The highest BCUT2D eigenvalue weighted by Crippen LogP contribution is 2.40. The van der Waals surface area contributed by atoms with Gasteiger partial charge in [0.25, 0.3) is 0 Å². The Kier molecular flexibility index (Phi) is 5.50. The highest BCUT2D eigenvalue weighted by atomic mass is 16.7. The van der Waals surface area contributed by atoms with Gasteiger partial charge in [0.1, 0.15) is 6.29 Å². The van der Waals surface area contributed by atoms with Crippen molar-refractivity contribution in [2.45, 2.75) is 44.4 Å². The molecular formula is C18H20N2O6. The van der Waals surface area contributed by atoms with Crippen LogP contribution >= 0.6 is 0 Å². The molecule has 1 aliphatic rings. The van der Waals surface area contributed by atoms with Gasteiger partial charge in [-0.15, -0.1) is 0 Å². The molecular weight excluding hydrogens is 340 g/mol. The van der Waals surface area contributed by atoms with E-state index in [0.717, 1.165) is 11.8 Å². The second-order valence-corrected chi connectivity index (χ2v) is 6.21. The van der Waals surface area contributed by atoms with Gasteiger partial charge in [0, 0.05) is 24.7 Å². The summed E-state index contributed by atoms with van der Waals surface area (Å²) in [6, 6.07) is 5.41. The van der Waals surface area contributed by atoms with Gasteiger partial charge in [-0.1, -0.05) is 18.1 Å². The lowest BCUT2D eigenvalue weighted by atomic mass is 9.84. The Balaban J connectivity index is 1.81. The Labute approximate surface area is 150 Å². The molecule has 26 heavy (non-hydrogen) atoms. The number of carbonyl (C=O) groups excluding carboxylic acids is 1. The maximum Gasteiger partial charge on any atom is 0.303 e. The van der Waals surface area contributed by atoms with Crippen molar-refractivity contribution in [2.75, 3.05) is 6.79 Å². The van der Waals surface area contributed by atoms with Crippen molar-refractivity contribution in [3.8, 4) is 11.5 Å². The zero-order valence-corrected chi connectivity index (χ0v) is 14.4. The summed E-state index contributed by atoms with van der Waals surface area (Å²) in [5.74, 6) is 0.591. The Hall–Kier alpha value is -2.90. The van der Waals surface area contributed by atoms with Crippen LogP contribution in [0.25, 0.3) is 0 Å². The lowest BCUT2D eigenvalue weighted by molar-refractivity contribution is -0.137. The number of carboxylic acid groups (broad SMARTS) is 1. The number of aromatic nitrogens is 2. The van der Waals surface area contributed by atoms with Crippen LogP contribution < -0.4 is 9.47 Å². The van der Waals surface area contributed by atoms with Crippen LogP contribution in [-0.2, 0) is 16.0 Å². The number of hydrogen-bond donors (Lipinski definition) is 1. The zero-order chi connectivity index (χ0) is 18.5. The van der Waals surface area contributed by atoms with E-state index in [0.29, 0.717) is 42.5 Å². The van der Waals surface area contributed by atoms with Crippen molar-refractivity contribution >= 4 is 12.3 Å². The molecule has 2 unspecified atom stereocenters. The standard InChI is InChI=1S/C18H20N2O6/c1-11(18-19-16(20-26-18)4-2-3-7-21)13(9-17(22)23)12-5-6-14-15(8-12)25-10-24-14/h5-8,11,13H,2-4,9-10H2,1H3,(H,22,23). The molecule has 0 spiro atoms. The van der Waals surface area contributed by atoms with Crippen LogP contribution in [0.4, 0.5) is 0 Å². The van der Waals surface area contributed by atoms with Crippen LogP contribution in [0.2, 0.25) is 0 Å². The van der Waals surface area contributed by atoms with Crippen molar-refractivity contribution in [2.24, 2.45) is 0 Å². The lowest BCUT2D eigenvalue weighted by Crippen LogP contribution is -2.14. The topological polar surface area (TPSA) is 112 Å². The number of aryl methyl sites for hydroxylation is 1. The number of aldehydes is 1. The molecule has 0 aliphatic carbocycles. The van der Waals surface area contributed by atoms with Crippen LogP contribution in [0.1, 0.15) is 55.3 Å². The number of hydrogen-bond acceptors (Lipinski definition) is 7. The van der Waals surface area contributed by atoms with Crippen LogP contribution in [0.5, 0.6) is 11.5 Å². The molecule has 0 radical (unpaired) electrons. The van der Waals surface area contributed by atoms with E-state index in [1.54, 1.807) is 12.1 Å². The smallest absolute Gasteiger partial charge is 0.303 e. The molecule has 1 aromatic carbocycles. The summed E-state index contributed by atoms with van der Waals surface area (Å²) >= 11 is 0. The fraction of sp³-hybridized carbons (Fsp3) is 0.444. The normalized spacial score (nSPS) is 14.8. The molecule has 0 fully saturated rings. The van der Waals surface area contributed by atoms with E-state index in [1.807, 2.05) is 13.0 Å². The van der Waals surface area contributed by atoms with Gasteiger partial charge in [-0.05, 0) is 24.1 Å². The average molecular weight is 360 g/mol. The van der Waals surface area contributed by atoms with Gasteiger partial charge in [-0.3, -0.25) is 4.79 Å². The van der Waals surface area contributed by atoms with Gasteiger partial charge in [-0.2, -0.15) is 4.98 Å². The minimum absolute atomic E-state index is 0.0797. The molecule has 1 N–H and O–H groups in total. The fourth-order valence-corrected chi connectivity index (χ4v) is 2.98. The Bertz CT molecular complexity index is 788. The number of benzene rings is 1. The van der Waals surface area contributed by atoms with Crippen molar-refractivity contribution in [1.82, 2.24) is 10.1 Å². The quantitative estimate of drug-likeness (QED) is 0.536. The highest BCUT2D eigenvalue weighted by molar-refractivity contribution is 5.68. The fourth-order valence-electron chi connectivity index (χ4n) is 2.98. The molecule has 0 saturated heterocycles. The number of ether oxygens (including phenoxy) is 2. The second kappa shape index (κ2) is 7.99. The van der Waals surface area contributed by atoms with E-state index in [1.165, 1.54) is 0 Å². The Morgan fingerprint density at radius 2 is 2.15 bits per heavy atom. The predicted octanol–water partition coefficient (Wildman–Crippen LogP) is 2.68. The van der Waals surface area contributed by atoms with Crippen LogP contribution in [0.3, 0.4) is 0 Å². The van der Waals surface area contributed by atoms with Gasteiger partial charge in [0.05, 0.1) is 6.42 Å². The second-order valence-electron chi connectivity index (χ2n) is 6.21. The van der Waals surface area contributed by atoms with Crippen LogP contribution in [-0.4, -0.2) is 34.3 Å². The monoisotopic (exact) mass is 360 g/mol. The van der Waals surface area contributed by atoms with Gasteiger partial charge in [-0.25, -0.2) is 0 Å². The molecule has 0 saturated carbocycles. The first-order valence-corrected chi connectivity index (χ1v) is 8.46. The molecule has 0 amide bonds. The highest BCUT2D eigenvalue weighted by Gasteiger charge is 2.29. The number of nitrogens with zero attached hydrogens (tertiary/aromatic N) is 2. The first-order valence-electron chi connectivity index (χ1n) is 8.46. The third-order valence-corrected chi connectivity index (χ3v) is 4.42. The van der Waals surface area contributed by atoms with Crippen molar-refractivity contribution < 1.29 is 28.7 Å². The van der Waals surface area contributed by atoms with Crippen molar-refractivity contribution in [3.05, 3.63) is 35.5 Å². The molecule has 3 rings (SSSR count). The molecule has 0 bridgehead atoms. The zero-order valence-electron chi connectivity index (χ0n) is 14.4. The third kappa shape index (κ3) is 4.01. The number of aliphatic carboxylic acids is 1. The summed E-state index contributed by atoms with van der Waals surface area (Å²) in [7, 11) is 0. The number of unbranched alkanes of at least 4 members (excludes halogenated alkanes) is 1. The van der Waals surface area contributed by atoms with Gasteiger partial charge >= 0.3 is 5.97 Å². The first-order chi connectivity index (χ1) is 12.6. The molecule has 138 valence electrons. The molecule has 8 nitrogen and oxygen atoms in total. The molecule has 2 atom stereocenters. The van der Waals surface area contributed by atoms with Gasteiger partial charge in [0.15, 0.2) is 17.3 Å². The third-order valence-electron chi connectivity index (χ3n) is 4.42. The molecule has 2 aromatic rings. The number of fused-ring (bicyclic) bond motifs is 1. The maximum absolute atomic E-state index is 11.4. The Morgan fingerprint density at radius 3 is 2.92 bits per heavy atom. The van der Waals surface area contributed by atoms with Crippen LogP contribution in [0, 0.1) is 0 Å². The summed E-state index contributed by atoms with van der Waals surface area (Å²) in [4.78, 5) is 26.1. The van der Waals surface area contributed by atoms with E-state index in [2.05, 4.69) is 10.1 Å². The molecule has 1 aliphatic heterocycles. The summed E-state index contributed by atoms with van der Waals surface area (Å²) in [5.41, 5.74) is 0.810. The largest absolute Gasteiger partial charge is 0.481 e. The summed E-state index contributed by atoms with van der Waals surface area (Å²) in [5, 5.41) is 13.3. The Morgan fingerprint density at radius 1 is 1.35 bits per heavy atom. The van der Waals surface area contributed by atoms with Crippen molar-refractivity contribution in [1.29, 1.82) is 0 Å². The minimum Gasteiger partial charge on any atom is -0.481 e. The summed E-state index contributed by atoms with van der Waals surface area (Å²) < 4.78 is 16.0. The van der Waals surface area contributed by atoms with Crippen molar-refractivity contribution in [3.63, 3.8) is 0 Å². The number of rotatable bonds is 9. The first kappa shape index (κ1) is 17.9. The van der Waals surface area contributed by atoms with Crippen LogP contribution in [0.15, 0.2) is 22.7 Å². The van der Waals surface area contributed by atoms with E-state index >= 15 is 0 Å². The van der Waals surface area contributed by atoms with Gasteiger partial charge < -0.3 is 23.9 Å². The van der Waals surface area contributed by atoms with Gasteiger partial charge in [0.2, 0.25) is 12.7 Å². The minimum atomic E-state index is -0.912. The maximum atomic E-state index is 11.4. The SMILES string of the molecule is CC(c1nc(CCCC=O)no1)C(CC(=O)O)c1ccc2c(c1)OCO2. The van der Waals surface area contributed by atoms with E-state index < -0.39 is 5.97 Å². The lowest BCUT2D eigenvalue weighted by Gasteiger charge is -2.20. The summed E-state index contributed by atoms with van der Waals surface area (Å²) in [6.07, 6.45) is 2.41. The van der Waals surface area contributed by atoms with E-state index in [4.69, 9.17) is 14.0 Å². The number of carboxylic acids is 1. The number of carbonyl (C=O) groups is 2. The predicted molar refractivity (Wildman–Crippen MR) is 89.3 cm³/mol. The molecule has 2 heterocycles. The molecule has 8 heteroatoms.